The third kappa shape index (κ3) is 44.7. The summed E-state index contributed by atoms with van der Waals surface area (Å²) in [5, 5.41) is 23.8. The number of hydrogen-bond donors (Lipinski definition) is 3. The monoisotopic (exact) mass is 860 g/mol. The van der Waals surface area contributed by atoms with E-state index in [1.165, 1.54) is 193 Å². The Morgan fingerprint density at radius 3 is 1.21 bits per heavy atom. The van der Waals surface area contributed by atoms with E-state index in [1.54, 1.807) is 0 Å². The molecule has 0 aromatic rings. The van der Waals surface area contributed by atoms with Crippen LogP contribution in [-0.4, -0.2) is 46.9 Å². The summed E-state index contributed by atoms with van der Waals surface area (Å²) in [6.07, 6.45) is 56.8. The molecule has 0 aliphatic carbocycles. The number of esters is 1. The SMILES string of the molecule is CCCCCCCCC/C=C/C=C/CCCCCCCC(=O)OC(CCCCCCCCCC)CC(=O)NC(CO)C(O)CCCCCCCCCCCCCCCCCC. The van der Waals surface area contributed by atoms with E-state index in [0.717, 1.165) is 51.4 Å². The fraction of sp³-hybridized carbons (Fsp3) is 0.891. The van der Waals surface area contributed by atoms with E-state index >= 15 is 0 Å². The van der Waals surface area contributed by atoms with E-state index in [9.17, 15) is 19.8 Å². The molecule has 0 radical (unpaired) electrons. The second-order valence-corrected chi connectivity index (χ2v) is 18.7. The molecule has 360 valence electrons. The van der Waals surface area contributed by atoms with Gasteiger partial charge in [0.05, 0.1) is 25.2 Å². The molecule has 0 aliphatic rings. The number of allylic oxidation sites excluding steroid dienone is 4. The van der Waals surface area contributed by atoms with Crippen LogP contribution in [0.5, 0.6) is 0 Å². The predicted molar refractivity (Wildman–Crippen MR) is 264 cm³/mol. The van der Waals surface area contributed by atoms with Crippen LogP contribution in [0.2, 0.25) is 0 Å². The zero-order valence-corrected chi connectivity index (χ0v) is 41.1. The van der Waals surface area contributed by atoms with Crippen molar-refractivity contribution in [1.82, 2.24) is 5.32 Å². The topological polar surface area (TPSA) is 95.9 Å². The first-order valence-electron chi connectivity index (χ1n) is 27.1. The van der Waals surface area contributed by atoms with Crippen LogP contribution in [0.25, 0.3) is 0 Å². The summed E-state index contributed by atoms with van der Waals surface area (Å²) in [6, 6.07) is -0.699. The van der Waals surface area contributed by atoms with Gasteiger partial charge in [0.15, 0.2) is 0 Å². The molecule has 6 heteroatoms. The summed E-state index contributed by atoms with van der Waals surface area (Å²) in [6.45, 7) is 6.48. The van der Waals surface area contributed by atoms with Crippen LogP contribution in [0.15, 0.2) is 24.3 Å². The average Bonchev–Trinajstić information content (AvgIpc) is 3.25. The smallest absolute Gasteiger partial charge is 0.306 e. The minimum absolute atomic E-state index is 0.0757. The molecule has 0 aromatic carbocycles. The van der Waals surface area contributed by atoms with Crippen LogP contribution in [-0.2, 0) is 14.3 Å². The Bertz CT molecular complexity index is 966. The number of rotatable bonds is 49. The maximum atomic E-state index is 13.2. The first-order valence-corrected chi connectivity index (χ1v) is 27.1. The number of unbranched alkanes of at least 4 members (excludes halogenated alkanes) is 34. The zero-order valence-electron chi connectivity index (χ0n) is 41.1. The van der Waals surface area contributed by atoms with E-state index in [2.05, 4.69) is 50.4 Å². The first-order chi connectivity index (χ1) is 30.0. The lowest BCUT2D eigenvalue weighted by molar-refractivity contribution is -0.151. The molecular weight excluding hydrogens is 755 g/mol. The largest absolute Gasteiger partial charge is 0.462 e. The summed E-state index contributed by atoms with van der Waals surface area (Å²) in [7, 11) is 0. The Morgan fingerprint density at radius 2 is 0.820 bits per heavy atom. The van der Waals surface area contributed by atoms with Crippen molar-refractivity contribution in [1.29, 1.82) is 0 Å². The Labute approximate surface area is 380 Å². The number of carbonyl (C=O) groups is 2. The summed E-state index contributed by atoms with van der Waals surface area (Å²) in [5.74, 6) is -0.481. The molecule has 0 aliphatic heterocycles. The molecule has 3 unspecified atom stereocenters. The van der Waals surface area contributed by atoms with Gasteiger partial charge in [-0.05, 0) is 51.4 Å². The highest BCUT2D eigenvalue weighted by atomic mass is 16.5. The summed E-state index contributed by atoms with van der Waals surface area (Å²) in [4.78, 5) is 26.1. The summed E-state index contributed by atoms with van der Waals surface area (Å²) in [5.41, 5.74) is 0. The predicted octanol–water partition coefficient (Wildman–Crippen LogP) is 16.3. The van der Waals surface area contributed by atoms with E-state index < -0.39 is 18.2 Å². The number of hydrogen-bond acceptors (Lipinski definition) is 5. The molecule has 0 saturated carbocycles. The minimum atomic E-state index is -0.785. The van der Waals surface area contributed by atoms with Gasteiger partial charge in [-0.1, -0.05) is 251 Å². The van der Waals surface area contributed by atoms with Crippen LogP contribution in [0.3, 0.4) is 0 Å². The van der Waals surface area contributed by atoms with Gasteiger partial charge in [0.2, 0.25) is 5.91 Å². The van der Waals surface area contributed by atoms with Gasteiger partial charge in [-0.2, -0.15) is 0 Å². The van der Waals surface area contributed by atoms with Crippen LogP contribution >= 0.6 is 0 Å². The molecule has 0 bridgehead atoms. The van der Waals surface area contributed by atoms with Gasteiger partial charge < -0.3 is 20.3 Å². The van der Waals surface area contributed by atoms with Crippen LogP contribution in [0.4, 0.5) is 0 Å². The van der Waals surface area contributed by atoms with Crippen molar-refractivity contribution in [2.75, 3.05) is 6.61 Å². The van der Waals surface area contributed by atoms with Gasteiger partial charge in [-0.25, -0.2) is 0 Å². The lowest BCUT2D eigenvalue weighted by Crippen LogP contribution is -2.46. The highest BCUT2D eigenvalue weighted by Crippen LogP contribution is 2.18. The van der Waals surface area contributed by atoms with Crippen molar-refractivity contribution >= 4 is 11.9 Å². The molecule has 0 fully saturated rings. The van der Waals surface area contributed by atoms with Crippen molar-refractivity contribution in [3.05, 3.63) is 24.3 Å². The highest BCUT2D eigenvalue weighted by Gasteiger charge is 2.24. The molecule has 0 saturated heterocycles. The third-order valence-corrected chi connectivity index (χ3v) is 12.6. The van der Waals surface area contributed by atoms with Crippen LogP contribution in [0, 0.1) is 0 Å². The van der Waals surface area contributed by atoms with Gasteiger partial charge in [-0.3, -0.25) is 9.59 Å². The molecule has 3 atom stereocenters. The molecule has 6 nitrogen and oxygen atoms in total. The van der Waals surface area contributed by atoms with Gasteiger partial charge >= 0.3 is 5.97 Å². The number of ether oxygens (including phenoxy) is 1. The Kier molecular flexibility index (Phi) is 48.0. The maximum Gasteiger partial charge on any atom is 0.306 e. The molecule has 1 amide bonds. The Hall–Kier alpha value is -1.66. The molecule has 3 N–H and O–H groups in total. The van der Waals surface area contributed by atoms with Crippen molar-refractivity contribution in [2.45, 2.75) is 309 Å². The number of aliphatic hydroxyl groups excluding tert-OH is 2. The molecule has 0 heterocycles. The van der Waals surface area contributed by atoms with E-state index in [0.29, 0.717) is 19.3 Å². The zero-order chi connectivity index (χ0) is 44.5. The van der Waals surface area contributed by atoms with Crippen LogP contribution < -0.4 is 5.32 Å². The fourth-order valence-electron chi connectivity index (χ4n) is 8.42. The first kappa shape index (κ1) is 59.3. The quantitative estimate of drug-likeness (QED) is 0.0322. The van der Waals surface area contributed by atoms with Crippen LogP contribution in [0.1, 0.15) is 290 Å². The minimum Gasteiger partial charge on any atom is -0.462 e. The lowest BCUT2D eigenvalue weighted by atomic mass is 10.0. The second-order valence-electron chi connectivity index (χ2n) is 18.7. The van der Waals surface area contributed by atoms with Crippen molar-refractivity contribution < 1.29 is 24.5 Å². The number of aliphatic hydroxyl groups is 2. The third-order valence-electron chi connectivity index (χ3n) is 12.6. The van der Waals surface area contributed by atoms with E-state index in [1.807, 2.05) is 0 Å². The molecule has 0 spiro atoms. The standard InChI is InChI=1S/C55H105NO5/c1-4-7-10-13-16-19-21-23-25-27-28-30-32-34-36-39-42-45-48-55(60)61-51(46-43-40-37-18-15-12-9-6-3)49-54(59)56-52(50-57)53(58)47-44-41-38-35-33-31-29-26-24-22-20-17-14-11-8-5-2/h25,27-28,30,51-53,57-58H,4-24,26,29,31-50H2,1-3H3,(H,56,59)/b27-25+,30-28+. The van der Waals surface area contributed by atoms with E-state index in [4.69, 9.17) is 4.74 Å². The fourth-order valence-corrected chi connectivity index (χ4v) is 8.42. The summed E-state index contributed by atoms with van der Waals surface area (Å²) < 4.78 is 5.91. The lowest BCUT2D eigenvalue weighted by Gasteiger charge is -2.24. The van der Waals surface area contributed by atoms with Gasteiger partial charge in [0.1, 0.15) is 6.10 Å². The van der Waals surface area contributed by atoms with Gasteiger partial charge in [0.25, 0.3) is 0 Å². The van der Waals surface area contributed by atoms with Gasteiger partial charge in [0, 0.05) is 6.42 Å². The second kappa shape index (κ2) is 49.4. The average molecular weight is 860 g/mol. The summed E-state index contributed by atoms with van der Waals surface area (Å²) >= 11 is 0. The number of amides is 1. The molecule has 0 aromatic heterocycles. The Morgan fingerprint density at radius 1 is 0.475 bits per heavy atom. The van der Waals surface area contributed by atoms with Crippen molar-refractivity contribution in [3.63, 3.8) is 0 Å². The van der Waals surface area contributed by atoms with E-state index in [-0.39, 0.29) is 24.9 Å². The molecule has 0 rings (SSSR count). The normalized spacial score (nSPS) is 13.3. The van der Waals surface area contributed by atoms with Crippen molar-refractivity contribution in [2.24, 2.45) is 0 Å². The number of carbonyl (C=O) groups excluding carboxylic acids is 2. The molecular formula is C55H105NO5. The molecule has 61 heavy (non-hydrogen) atoms. The maximum absolute atomic E-state index is 13.2. The highest BCUT2D eigenvalue weighted by molar-refractivity contribution is 5.77. The van der Waals surface area contributed by atoms with Crippen molar-refractivity contribution in [3.8, 4) is 0 Å². The number of nitrogens with one attached hydrogen (secondary N) is 1. The van der Waals surface area contributed by atoms with Gasteiger partial charge in [-0.15, -0.1) is 0 Å². The Balaban J connectivity index is 4.37.